The van der Waals surface area contributed by atoms with Gasteiger partial charge in [-0.25, -0.2) is 0 Å². The molecule has 37 heavy (non-hydrogen) atoms. The van der Waals surface area contributed by atoms with Gasteiger partial charge in [0, 0.05) is 42.6 Å². The van der Waals surface area contributed by atoms with Crippen LogP contribution in [0.5, 0.6) is 0 Å². The van der Waals surface area contributed by atoms with Gasteiger partial charge in [0.15, 0.2) is 0 Å². The lowest BCUT2D eigenvalue weighted by Gasteiger charge is -2.58. The highest BCUT2D eigenvalue weighted by atomic mass is 127. The number of nitrogens with one attached hydrogen (secondary N) is 1. The van der Waals surface area contributed by atoms with E-state index in [0.29, 0.717) is 33.8 Å². The zero-order valence-electron chi connectivity index (χ0n) is 23.6. The number of rotatable bonds is 5. The molecule has 0 bridgehead atoms. The molecule has 0 unspecified atom stereocenters. The molecule has 5 rings (SSSR count). The summed E-state index contributed by atoms with van der Waals surface area (Å²) in [5.41, 5.74) is 3.52. The third kappa shape index (κ3) is 4.80. The van der Waals surface area contributed by atoms with Crippen LogP contribution in [0.4, 0.5) is 0 Å². The first kappa shape index (κ1) is 27.5. The average molecular weight is 624 g/mol. The van der Waals surface area contributed by atoms with Crippen LogP contribution in [0.3, 0.4) is 0 Å². The molecule has 1 amide bonds. The molecule has 1 heterocycles. The Labute approximate surface area is 237 Å². The number of carbonyl (C=O) groups is 2. The summed E-state index contributed by atoms with van der Waals surface area (Å²) in [5.74, 6) is 4.40. The number of fused-ring (bicyclic) bond motifs is 7. The fourth-order valence-corrected chi connectivity index (χ4v) is 10.6. The molecule has 0 aromatic rings. The Balaban J connectivity index is 1.31. The second kappa shape index (κ2) is 10.2. The maximum absolute atomic E-state index is 11.6. The van der Waals surface area contributed by atoms with Crippen LogP contribution in [-0.2, 0) is 19.1 Å². The van der Waals surface area contributed by atoms with Gasteiger partial charge in [0.05, 0.1) is 5.76 Å². The molecule has 1 saturated heterocycles. The number of esters is 1. The number of allylic oxidation sites excluding steroid dienone is 3. The van der Waals surface area contributed by atoms with Crippen LogP contribution in [-0.4, -0.2) is 34.6 Å². The zero-order chi connectivity index (χ0) is 26.7. The van der Waals surface area contributed by atoms with Gasteiger partial charge in [0.25, 0.3) is 0 Å². The molecule has 10 atom stereocenters. The fourth-order valence-electron chi connectivity index (χ4n) is 9.69. The molecule has 4 fully saturated rings. The van der Waals surface area contributed by atoms with Gasteiger partial charge in [-0.2, -0.15) is 0 Å². The number of alkyl halides is 1. The molecular weight excluding hydrogens is 577 g/mol. The summed E-state index contributed by atoms with van der Waals surface area (Å²) in [6.45, 7) is 13.6. The van der Waals surface area contributed by atoms with Gasteiger partial charge >= 0.3 is 5.97 Å². The summed E-state index contributed by atoms with van der Waals surface area (Å²) in [4.78, 5) is 22.9. The lowest BCUT2D eigenvalue weighted by Crippen LogP contribution is -2.51. The van der Waals surface area contributed by atoms with Gasteiger partial charge in [-0.3, -0.25) is 9.59 Å². The van der Waals surface area contributed by atoms with Gasteiger partial charge in [0.1, 0.15) is 12.2 Å². The van der Waals surface area contributed by atoms with Crippen molar-refractivity contribution in [1.29, 1.82) is 0 Å². The van der Waals surface area contributed by atoms with Crippen LogP contribution in [0, 0.1) is 40.4 Å². The molecule has 3 saturated carbocycles. The van der Waals surface area contributed by atoms with Crippen LogP contribution in [0.25, 0.3) is 0 Å². The number of amides is 1. The van der Waals surface area contributed by atoms with Gasteiger partial charge < -0.3 is 14.8 Å². The first-order chi connectivity index (χ1) is 17.4. The number of hydrogen-bond acceptors (Lipinski definition) is 4. The Morgan fingerprint density at radius 1 is 1.19 bits per heavy atom. The maximum Gasteiger partial charge on any atom is 0.302 e. The normalized spacial score (nSPS) is 44.3. The van der Waals surface area contributed by atoms with E-state index in [4.69, 9.17) is 9.47 Å². The van der Waals surface area contributed by atoms with Crippen molar-refractivity contribution in [3.63, 3.8) is 0 Å². The molecule has 0 spiro atoms. The van der Waals surface area contributed by atoms with Crippen LogP contribution < -0.4 is 5.32 Å². The summed E-state index contributed by atoms with van der Waals surface area (Å²) in [6.07, 6.45) is 12.0. The van der Waals surface area contributed by atoms with Crippen LogP contribution in [0.2, 0.25) is 0 Å². The van der Waals surface area contributed by atoms with Crippen molar-refractivity contribution in [2.75, 3.05) is 6.54 Å². The first-order valence-electron chi connectivity index (χ1n) is 14.6. The second-order valence-corrected chi connectivity index (χ2v) is 15.1. The maximum atomic E-state index is 11.6. The highest BCUT2D eigenvalue weighted by Crippen LogP contribution is 2.69. The van der Waals surface area contributed by atoms with Crippen LogP contribution in [0.15, 0.2) is 23.0 Å². The van der Waals surface area contributed by atoms with Crippen molar-refractivity contribution >= 4 is 34.5 Å². The Morgan fingerprint density at radius 2 is 1.95 bits per heavy atom. The number of carbonyl (C=O) groups excluding carboxylic acids is 2. The summed E-state index contributed by atoms with van der Waals surface area (Å²) in [7, 11) is 0. The largest absolute Gasteiger partial charge is 0.494 e. The molecule has 0 radical (unpaired) electrons. The molecular formula is C31H46INO4. The van der Waals surface area contributed by atoms with E-state index in [1.165, 1.54) is 43.9 Å². The molecule has 1 N–H and O–H groups in total. The topological polar surface area (TPSA) is 64.6 Å². The number of hydrogen-bond donors (Lipinski definition) is 1. The summed E-state index contributed by atoms with van der Waals surface area (Å²) < 4.78 is 12.8. The standard InChI is InChI=1S/C31H46INO4/c1-17(13-22(32)16-33-19(3)34)29-18(2)28-27(37-29)15-26-24-8-7-21-14-23(36-20(4)35)9-11-30(21,5)25(24)10-12-31(26,28)6/h7,18,22-28H,8-16H2,1-6H3,(H,33,34)/b29-17-/t18-,22-,23-,24+,25-,26-,27-,28-,30-,31-/m0/s1. The van der Waals surface area contributed by atoms with Gasteiger partial charge in [0.2, 0.25) is 5.91 Å². The van der Waals surface area contributed by atoms with E-state index < -0.39 is 0 Å². The Bertz CT molecular complexity index is 1010. The summed E-state index contributed by atoms with van der Waals surface area (Å²) in [6, 6.07) is 0. The minimum absolute atomic E-state index is 0.0394. The predicted molar refractivity (Wildman–Crippen MR) is 154 cm³/mol. The van der Waals surface area contributed by atoms with Crippen molar-refractivity contribution in [2.45, 2.75) is 109 Å². The minimum Gasteiger partial charge on any atom is -0.494 e. The quantitative estimate of drug-likeness (QED) is 0.159. The van der Waals surface area contributed by atoms with Gasteiger partial charge in [-0.1, -0.05) is 55.0 Å². The SMILES string of the molecule is CC(=O)NC[C@@H](I)C/C(C)=C1\O[C@H]2C[C@H]3[C@@H]4CC=C5C[C@@H](OC(C)=O)CC[C@]5(C)[C@H]4CC[C@]3(C)[C@H]2[C@@H]1C. The third-order valence-corrected chi connectivity index (χ3v) is 12.1. The Hall–Kier alpha value is -1.05. The number of ether oxygens (including phenoxy) is 2. The minimum atomic E-state index is -0.145. The number of halogens is 1. The molecule has 0 aromatic heterocycles. The lowest BCUT2D eigenvalue weighted by atomic mass is 9.47. The molecule has 5 nitrogen and oxygen atoms in total. The van der Waals surface area contributed by atoms with Crippen LogP contribution in [0.1, 0.15) is 92.9 Å². The predicted octanol–water partition coefficient (Wildman–Crippen LogP) is 6.75. The van der Waals surface area contributed by atoms with Crippen molar-refractivity contribution in [2.24, 2.45) is 40.4 Å². The summed E-state index contributed by atoms with van der Waals surface area (Å²) >= 11 is 2.46. The second-order valence-electron chi connectivity index (χ2n) is 13.4. The highest BCUT2D eigenvalue weighted by molar-refractivity contribution is 14.1. The first-order valence-corrected chi connectivity index (χ1v) is 15.8. The van der Waals surface area contributed by atoms with Gasteiger partial charge in [-0.05, 0) is 86.0 Å². The van der Waals surface area contributed by atoms with Crippen molar-refractivity contribution in [3.05, 3.63) is 23.0 Å². The van der Waals surface area contributed by atoms with E-state index in [9.17, 15) is 9.59 Å². The van der Waals surface area contributed by atoms with Gasteiger partial charge in [-0.15, -0.1) is 0 Å². The molecule has 206 valence electrons. The van der Waals surface area contributed by atoms with E-state index in [-0.39, 0.29) is 23.4 Å². The summed E-state index contributed by atoms with van der Waals surface area (Å²) in [5, 5.41) is 2.96. The Kier molecular flexibility index (Phi) is 7.56. The van der Waals surface area contributed by atoms with Crippen molar-refractivity contribution in [1.82, 2.24) is 5.32 Å². The Morgan fingerprint density at radius 3 is 2.65 bits per heavy atom. The zero-order valence-corrected chi connectivity index (χ0v) is 25.7. The highest BCUT2D eigenvalue weighted by Gasteiger charge is 2.65. The van der Waals surface area contributed by atoms with Crippen LogP contribution >= 0.6 is 22.6 Å². The molecule has 6 heteroatoms. The van der Waals surface area contributed by atoms with E-state index in [1.807, 2.05) is 0 Å². The van der Waals surface area contributed by atoms with Crippen molar-refractivity contribution in [3.8, 4) is 0 Å². The molecule has 1 aliphatic heterocycles. The lowest BCUT2D eigenvalue weighted by molar-refractivity contribution is -0.148. The van der Waals surface area contributed by atoms with E-state index in [0.717, 1.165) is 43.4 Å². The molecule has 5 aliphatic rings. The average Bonchev–Trinajstić information content (AvgIpc) is 3.31. The van der Waals surface area contributed by atoms with E-state index in [1.54, 1.807) is 12.5 Å². The molecule has 0 aromatic carbocycles. The monoisotopic (exact) mass is 623 g/mol. The van der Waals surface area contributed by atoms with E-state index >= 15 is 0 Å². The smallest absolute Gasteiger partial charge is 0.302 e. The fraction of sp³-hybridized carbons (Fsp3) is 0.806. The molecule has 4 aliphatic carbocycles. The van der Waals surface area contributed by atoms with Crippen molar-refractivity contribution < 1.29 is 19.1 Å². The third-order valence-electron chi connectivity index (χ3n) is 11.2. The van der Waals surface area contributed by atoms with E-state index in [2.05, 4.69) is 61.7 Å².